The van der Waals surface area contributed by atoms with Crippen molar-refractivity contribution >= 4 is 0 Å². The molecule has 0 amide bonds. The third kappa shape index (κ3) is 2.80. The molecule has 2 rings (SSSR count). The van der Waals surface area contributed by atoms with Crippen molar-refractivity contribution in [1.82, 2.24) is 9.78 Å². The van der Waals surface area contributed by atoms with Gasteiger partial charge >= 0.3 is 0 Å². The van der Waals surface area contributed by atoms with Gasteiger partial charge in [-0.15, -0.1) is 0 Å². The molecule has 0 bridgehead atoms. The van der Waals surface area contributed by atoms with Crippen LogP contribution in [0.15, 0.2) is 35.1 Å². The van der Waals surface area contributed by atoms with E-state index in [4.69, 9.17) is 5.73 Å². The van der Waals surface area contributed by atoms with Gasteiger partial charge in [-0.1, -0.05) is 31.2 Å². The van der Waals surface area contributed by atoms with Crippen molar-refractivity contribution in [3.8, 4) is 11.3 Å². The van der Waals surface area contributed by atoms with Crippen molar-refractivity contribution in [2.45, 2.75) is 39.8 Å². The molecule has 0 aliphatic carbocycles. The topological polar surface area (TPSA) is 60.9 Å². The van der Waals surface area contributed by atoms with E-state index in [0.717, 1.165) is 17.7 Å². The smallest absolute Gasteiger partial charge is 0.271 e. The number of rotatable bonds is 4. The first-order valence-corrected chi connectivity index (χ1v) is 7.03. The zero-order chi connectivity index (χ0) is 14.7. The molecule has 2 aromatic rings. The Morgan fingerprint density at radius 2 is 1.90 bits per heavy atom. The van der Waals surface area contributed by atoms with Gasteiger partial charge in [-0.2, -0.15) is 5.10 Å². The summed E-state index contributed by atoms with van der Waals surface area (Å²) >= 11 is 0. The fourth-order valence-corrected chi connectivity index (χ4v) is 2.16. The van der Waals surface area contributed by atoms with Gasteiger partial charge in [0.1, 0.15) is 0 Å². The van der Waals surface area contributed by atoms with Crippen molar-refractivity contribution < 1.29 is 0 Å². The van der Waals surface area contributed by atoms with Crippen LogP contribution in [-0.4, -0.2) is 9.78 Å². The van der Waals surface area contributed by atoms with Crippen LogP contribution in [0.25, 0.3) is 11.3 Å². The minimum atomic E-state index is -0.294. The minimum Gasteiger partial charge on any atom is -0.324 e. The first-order chi connectivity index (χ1) is 9.56. The number of benzene rings is 1. The predicted octanol–water partition coefficient (Wildman–Crippen LogP) is 2.51. The summed E-state index contributed by atoms with van der Waals surface area (Å²) in [5, 5.41) is 4.41. The Balaban J connectivity index is 2.55. The first kappa shape index (κ1) is 14.5. The minimum absolute atomic E-state index is 0.101. The molecule has 4 nitrogen and oxygen atoms in total. The summed E-state index contributed by atoms with van der Waals surface area (Å²) in [5.74, 6) is 0. The van der Waals surface area contributed by atoms with Crippen LogP contribution in [0.2, 0.25) is 0 Å². The molecule has 106 valence electrons. The lowest BCUT2D eigenvalue weighted by molar-refractivity contribution is 0.601. The molecule has 2 N–H and O–H groups in total. The summed E-state index contributed by atoms with van der Waals surface area (Å²) in [7, 11) is 0. The van der Waals surface area contributed by atoms with Gasteiger partial charge in [-0.3, -0.25) is 4.79 Å². The Kier molecular flexibility index (Phi) is 4.35. The van der Waals surface area contributed by atoms with Crippen LogP contribution in [0.3, 0.4) is 0 Å². The Labute approximate surface area is 119 Å². The van der Waals surface area contributed by atoms with Crippen LogP contribution in [0, 0.1) is 0 Å². The Bertz CT molecular complexity index is 642. The van der Waals surface area contributed by atoms with E-state index in [1.807, 2.05) is 26.0 Å². The normalized spacial score (nSPS) is 12.4. The molecule has 1 atom stereocenters. The second kappa shape index (κ2) is 6.01. The molecule has 0 radical (unpaired) electrons. The summed E-state index contributed by atoms with van der Waals surface area (Å²) in [4.78, 5) is 12.1. The van der Waals surface area contributed by atoms with Gasteiger partial charge in [0.2, 0.25) is 0 Å². The van der Waals surface area contributed by atoms with Gasteiger partial charge in [-0.05, 0) is 31.9 Å². The van der Waals surface area contributed by atoms with Crippen molar-refractivity contribution in [3.63, 3.8) is 0 Å². The van der Waals surface area contributed by atoms with Crippen LogP contribution < -0.4 is 11.3 Å². The first-order valence-electron chi connectivity index (χ1n) is 7.03. The molecule has 1 unspecified atom stereocenters. The number of hydrogen-bond donors (Lipinski definition) is 1. The SMILES string of the molecule is CCc1ccc(-c2cc(C(C)N)c(=O)n(CC)n2)cc1. The van der Waals surface area contributed by atoms with Gasteiger partial charge in [0.25, 0.3) is 5.56 Å². The second-order valence-electron chi connectivity index (χ2n) is 4.94. The number of hydrogen-bond acceptors (Lipinski definition) is 3. The van der Waals surface area contributed by atoms with E-state index >= 15 is 0 Å². The van der Waals surface area contributed by atoms with Gasteiger partial charge in [0.15, 0.2) is 0 Å². The average Bonchev–Trinajstić information content (AvgIpc) is 2.47. The van der Waals surface area contributed by atoms with E-state index in [1.165, 1.54) is 10.2 Å². The highest BCUT2D eigenvalue weighted by Gasteiger charge is 2.12. The lowest BCUT2D eigenvalue weighted by Gasteiger charge is -2.11. The molecule has 1 aromatic carbocycles. The molecule has 0 aliphatic heterocycles. The van der Waals surface area contributed by atoms with E-state index in [-0.39, 0.29) is 11.6 Å². The third-order valence-electron chi connectivity index (χ3n) is 3.45. The van der Waals surface area contributed by atoms with Crippen LogP contribution in [0.4, 0.5) is 0 Å². The maximum absolute atomic E-state index is 12.1. The number of aromatic nitrogens is 2. The lowest BCUT2D eigenvalue weighted by Crippen LogP contribution is -2.29. The molecule has 0 saturated carbocycles. The van der Waals surface area contributed by atoms with Crippen LogP contribution in [0.1, 0.15) is 37.9 Å². The molecular weight excluding hydrogens is 250 g/mol. The second-order valence-corrected chi connectivity index (χ2v) is 4.94. The highest BCUT2D eigenvalue weighted by molar-refractivity contribution is 5.59. The van der Waals surface area contributed by atoms with Crippen molar-refractivity contribution in [2.75, 3.05) is 0 Å². The van der Waals surface area contributed by atoms with Gasteiger partial charge < -0.3 is 5.73 Å². The number of nitrogens with two attached hydrogens (primary N) is 1. The summed E-state index contributed by atoms with van der Waals surface area (Å²) in [6.07, 6.45) is 1.01. The van der Waals surface area contributed by atoms with Crippen LogP contribution in [-0.2, 0) is 13.0 Å². The Morgan fingerprint density at radius 3 is 2.40 bits per heavy atom. The summed E-state index contributed by atoms with van der Waals surface area (Å²) in [6.45, 7) is 6.39. The maximum Gasteiger partial charge on any atom is 0.271 e. The predicted molar refractivity (Wildman–Crippen MR) is 81.6 cm³/mol. The molecule has 1 heterocycles. The molecular formula is C16H21N3O. The summed E-state index contributed by atoms with van der Waals surface area (Å²) < 4.78 is 1.47. The highest BCUT2D eigenvalue weighted by atomic mass is 16.1. The number of nitrogens with zero attached hydrogens (tertiary/aromatic N) is 2. The van der Waals surface area contributed by atoms with Crippen molar-refractivity contribution in [3.05, 3.63) is 51.8 Å². The van der Waals surface area contributed by atoms with Crippen LogP contribution >= 0.6 is 0 Å². The van der Waals surface area contributed by atoms with Crippen molar-refractivity contribution in [2.24, 2.45) is 5.73 Å². The van der Waals surface area contributed by atoms with Crippen molar-refractivity contribution in [1.29, 1.82) is 0 Å². The standard InChI is InChI=1S/C16H21N3O/c1-4-12-6-8-13(9-7-12)15-10-14(11(3)17)16(20)19(5-2)18-15/h6-11H,4-5,17H2,1-3H3. The quantitative estimate of drug-likeness (QED) is 0.929. The van der Waals surface area contributed by atoms with E-state index in [0.29, 0.717) is 12.1 Å². The van der Waals surface area contributed by atoms with E-state index in [9.17, 15) is 4.79 Å². The molecule has 0 fully saturated rings. The molecule has 0 saturated heterocycles. The molecule has 20 heavy (non-hydrogen) atoms. The Hall–Kier alpha value is -1.94. The van der Waals surface area contributed by atoms with Gasteiger partial charge in [0, 0.05) is 23.7 Å². The largest absolute Gasteiger partial charge is 0.324 e. The average molecular weight is 271 g/mol. The van der Waals surface area contributed by atoms with E-state index < -0.39 is 0 Å². The van der Waals surface area contributed by atoms with Gasteiger partial charge in [0.05, 0.1) is 5.69 Å². The lowest BCUT2D eigenvalue weighted by atomic mass is 10.0. The molecule has 1 aromatic heterocycles. The zero-order valence-corrected chi connectivity index (χ0v) is 12.3. The molecule has 0 aliphatic rings. The van der Waals surface area contributed by atoms with E-state index in [2.05, 4.69) is 24.2 Å². The Morgan fingerprint density at radius 1 is 1.25 bits per heavy atom. The molecule has 4 heteroatoms. The molecule has 0 spiro atoms. The highest BCUT2D eigenvalue weighted by Crippen LogP contribution is 2.19. The van der Waals surface area contributed by atoms with E-state index in [1.54, 1.807) is 6.07 Å². The fraction of sp³-hybridized carbons (Fsp3) is 0.375. The zero-order valence-electron chi connectivity index (χ0n) is 12.3. The summed E-state index contributed by atoms with van der Waals surface area (Å²) in [6, 6.07) is 9.76. The fourth-order valence-electron chi connectivity index (χ4n) is 2.16. The van der Waals surface area contributed by atoms with Crippen LogP contribution in [0.5, 0.6) is 0 Å². The third-order valence-corrected chi connectivity index (χ3v) is 3.45. The monoisotopic (exact) mass is 271 g/mol. The number of aryl methyl sites for hydroxylation is 2. The van der Waals surface area contributed by atoms with Gasteiger partial charge in [-0.25, -0.2) is 4.68 Å². The summed E-state index contributed by atoms with van der Waals surface area (Å²) in [5.41, 5.74) is 9.48. The maximum atomic E-state index is 12.1.